The number of rotatable bonds is 8. The van der Waals surface area contributed by atoms with Gasteiger partial charge in [0.15, 0.2) is 5.11 Å². The zero-order valence-electron chi connectivity index (χ0n) is 17.9. The van der Waals surface area contributed by atoms with Crippen LogP contribution in [-0.2, 0) is 14.4 Å². The molecule has 0 aliphatic rings. The van der Waals surface area contributed by atoms with Crippen molar-refractivity contribution in [3.05, 3.63) is 65.7 Å². The molecule has 0 saturated carbocycles. The Morgan fingerprint density at radius 2 is 1.59 bits per heavy atom. The Morgan fingerprint density at radius 1 is 0.938 bits per heavy atom. The number of hydrazine groups is 1. The molecule has 32 heavy (non-hydrogen) atoms. The van der Waals surface area contributed by atoms with Crippen molar-refractivity contribution in [2.75, 3.05) is 11.9 Å². The van der Waals surface area contributed by atoms with Crippen LogP contribution in [0.3, 0.4) is 0 Å². The van der Waals surface area contributed by atoms with Crippen molar-refractivity contribution in [3.8, 4) is 5.75 Å². The predicted molar refractivity (Wildman–Crippen MR) is 128 cm³/mol. The lowest BCUT2D eigenvalue weighted by molar-refractivity contribution is -0.124. The maximum atomic E-state index is 12.0. The van der Waals surface area contributed by atoms with Crippen LogP contribution >= 0.6 is 12.2 Å². The number of thiocarbonyl (C=S) groups is 1. The summed E-state index contributed by atoms with van der Waals surface area (Å²) in [5.41, 5.74) is 7.39. The number of hydrogen-bond acceptors (Lipinski definition) is 5. The Morgan fingerprint density at radius 3 is 2.25 bits per heavy atom. The van der Waals surface area contributed by atoms with Crippen LogP contribution in [0.5, 0.6) is 5.75 Å². The molecule has 8 nitrogen and oxygen atoms in total. The lowest BCUT2D eigenvalue weighted by atomic mass is 10.1. The second kappa shape index (κ2) is 12.9. The van der Waals surface area contributed by atoms with Crippen LogP contribution in [0.25, 0.3) is 6.08 Å². The third-order valence-corrected chi connectivity index (χ3v) is 4.29. The molecule has 0 radical (unpaired) electrons. The number of carbonyl (C=O) groups is 3. The van der Waals surface area contributed by atoms with Crippen LogP contribution in [-0.4, -0.2) is 29.4 Å². The van der Waals surface area contributed by atoms with E-state index < -0.39 is 11.8 Å². The summed E-state index contributed by atoms with van der Waals surface area (Å²) in [7, 11) is 0. The Bertz CT molecular complexity index is 972. The van der Waals surface area contributed by atoms with Gasteiger partial charge in [0.25, 0.3) is 0 Å². The summed E-state index contributed by atoms with van der Waals surface area (Å²) in [5.74, 6) is -0.475. The number of anilines is 1. The van der Waals surface area contributed by atoms with E-state index in [1.807, 2.05) is 38.1 Å². The SMILES string of the molecule is CCOc1ccc(NC(=O)CCC(=O)NNC(=S)NC(=O)C=Cc2ccc(C)cc2)cc1. The highest BCUT2D eigenvalue weighted by molar-refractivity contribution is 7.80. The molecule has 0 bridgehead atoms. The van der Waals surface area contributed by atoms with E-state index in [0.717, 1.165) is 11.1 Å². The van der Waals surface area contributed by atoms with Gasteiger partial charge in [-0.1, -0.05) is 29.8 Å². The summed E-state index contributed by atoms with van der Waals surface area (Å²) in [6.45, 7) is 4.43. The van der Waals surface area contributed by atoms with Crippen molar-refractivity contribution in [3.63, 3.8) is 0 Å². The monoisotopic (exact) mass is 454 g/mol. The minimum atomic E-state index is -0.446. The molecule has 0 fully saturated rings. The van der Waals surface area contributed by atoms with E-state index in [-0.39, 0.29) is 23.9 Å². The molecule has 0 aliphatic carbocycles. The molecule has 0 aromatic heterocycles. The van der Waals surface area contributed by atoms with Crippen molar-refractivity contribution in [1.29, 1.82) is 0 Å². The smallest absolute Gasteiger partial charge is 0.250 e. The van der Waals surface area contributed by atoms with Crippen LogP contribution in [0.1, 0.15) is 30.9 Å². The first kappa shape index (κ1) is 24.5. The summed E-state index contributed by atoms with van der Waals surface area (Å²) in [4.78, 5) is 35.8. The first-order valence-electron chi connectivity index (χ1n) is 10.0. The molecule has 0 spiro atoms. The van der Waals surface area contributed by atoms with E-state index >= 15 is 0 Å². The molecule has 9 heteroatoms. The molecular formula is C23H26N4O4S. The fraction of sp³-hybridized carbons (Fsp3) is 0.217. The van der Waals surface area contributed by atoms with Gasteiger partial charge in [-0.05, 0) is 62.0 Å². The van der Waals surface area contributed by atoms with Gasteiger partial charge in [0.1, 0.15) is 5.75 Å². The molecule has 168 valence electrons. The molecule has 2 rings (SSSR count). The summed E-state index contributed by atoms with van der Waals surface area (Å²) in [6.07, 6.45) is 2.92. The topological polar surface area (TPSA) is 109 Å². The summed E-state index contributed by atoms with van der Waals surface area (Å²) in [5, 5.41) is 5.06. The molecule has 2 aromatic carbocycles. The van der Waals surface area contributed by atoms with Gasteiger partial charge in [0.2, 0.25) is 17.7 Å². The third kappa shape index (κ3) is 9.40. The molecule has 0 saturated heterocycles. The summed E-state index contributed by atoms with van der Waals surface area (Å²) < 4.78 is 5.34. The van der Waals surface area contributed by atoms with Crippen LogP contribution in [0.15, 0.2) is 54.6 Å². The highest BCUT2D eigenvalue weighted by atomic mass is 32.1. The van der Waals surface area contributed by atoms with Gasteiger partial charge >= 0.3 is 0 Å². The van der Waals surface area contributed by atoms with Gasteiger partial charge < -0.3 is 10.1 Å². The van der Waals surface area contributed by atoms with E-state index in [4.69, 9.17) is 17.0 Å². The van der Waals surface area contributed by atoms with E-state index in [0.29, 0.717) is 18.0 Å². The fourth-order valence-electron chi connectivity index (χ4n) is 2.47. The standard InChI is InChI=1S/C23H26N4O4S/c1-3-31-19-11-9-18(10-12-19)24-20(28)14-15-22(30)26-27-23(32)25-21(29)13-8-17-6-4-16(2)5-7-17/h4-13H,3,14-15H2,1-2H3,(H,24,28)(H,26,30)(H2,25,27,29,32). The van der Waals surface area contributed by atoms with Crippen molar-refractivity contribution < 1.29 is 19.1 Å². The van der Waals surface area contributed by atoms with Gasteiger partial charge in [-0.15, -0.1) is 0 Å². The third-order valence-electron chi connectivity index (χ3n) is 4.08. The maximum absolute atomic E-state index is 12.0. The Balaban J connectivity index is 1.65. The maximum Gasteiger partial charge on any atom is 0.250 e. The lowest BCUT2D eigenvalue weighted by Gasteiger charge is -2.10. The van der Waals surface area contributed by atoms with Gasteiger partial charge in [-0.2, -0.15) is 0 Å². The number of carbonyl (C=O) groups excluding carboxylic acids is 3. The van der Waals surface area contributed by atoms with Crippen molar-refractivity contribution >= 4 is 46.8 Å². The highest BCUT2D eigenvalue weighted by Crippen LogP contribution is 2.15. The van der Waals surface area contributed by atoms with Crippen LogP contribution in [0.4, 0.5) is 5.69 Å². The molecule has 0 aliphatic heterocycles. The van der Waals surface area contributed by atoms with Crippen LogP contribution in [0.2, 0.25) is 0 Å². The average molecular weight is 455 g/mol. The fourth-order valence-corrected chi connectivity index (χ4v) is 2.63. The highest BCUT2D eigenvalue weighted by Gasteiger charge is 2.08. The normalized spacial score (nSPS) is 10.3. The number of nitrogens with one attached hydrogen (secondary N) is 4. The Hall–Kier alpha value is -3.72. The first-order chi connectivity index (χ1) is 15.4. The lowest BCUT2D eigenvalue weighted by Crippen LogP contribution is -2.48. The zero-order chi connectivity index (χ0) is 23.3. The van der Waals surface area contributed by atoms with Crippen molar-refractivity contribution in [2.45, 2.75) is 26.7 Å². The van der Waals surface area contributed by atoms with Gasteiger partial charge in [-0.3, -0.25) is 30.6 Å². The average Bonchev–Trinajstić information content (AvgIpc) is 2.77. The van der Waals surface area contributed by atoms with Crippen LogP contribution < -0.4 is 26.2 Å². The molecule has 4 N–H and O–H groups in total. The number of aryl methyl sites for hydroxylation is 1. The Kier molecular flexibility index (Phi) is 9.86. The van der Waals surface area contributed by atoms with E-state index in [9.17, 15) is 14.4 Å². The largest absolute Gasteiger partial charge is 0.494 e. The zero-order valence-corrected chi connectivity index (χ0v) is 18.8. The predicted octanol–water partition coefficient (Wildman–Crippen LogP) is 2.85. The van der Waals surface area contributed by atoms with E-state index in [1.54, 1.807) is 30.3 Å². The van der Waals surface area contributed by atoms with Crippen LogP contribution in [0, 0.1) is 6.92 Å². The molecular weight excluding hydrogens is 428 g/mol. The van der Waals surface area contributed by atoms with E-state index in [1.165, 1.54) is 6.08 Å². The minimum Gasteiger partial charge on any atom is -0.494 e. The van der Waals surface area contributed by atoms with Gasteiger partial charge in [0, 0.05) is 24.6 Å². The first-order valence-corrected chi connectivity index (χ1v) is 10.4. The second-order valence-corrected chi connectivity index (χ2v) is 7.15. The van der Waals surface area contributed by atoms with Crippen molar-refractivity contribution in [1.82, 2.24) is 16.2 Å². The quantitative estimate of drug-likeness (QED) is 0.278. The molecule has 0 unspecified atom stereocenters. The van der Waals surface area contributed by atoms with Crippen molar-refractivity contribution in [2.24, 2.45) is 0 Å². The van der Waals surface area contributed by atoms with Gasteiger partial charge in [-0.25, -0.2) is 0 Å². The number of amides is 3. The number of hydrogen-bond donors (Lipinski definition) is 4. The molecule has 3 amide bonds. The molecule has 2 aromatic rings. The number of benzene rings is 2. The number of ether oxygens (including phenoxy) is 1. The minimum absolute atomic E-state index is 0.0147. The van der Waals surface area contributed by atoms with Gasteiger partial charge in [0.05, 0.1) is 6.61 Å². The van der Waals surface area contributed by atoms with E-state index in [2.05, 4.69) is 21.5 Å². The Labute approximate surface area is 192 Å². The summed E-state index contributed by atoms with van der Waals surface area (Å²) in [6, 6.07) is 14.6. The summed E-state index contributed by atoms with van der Waals surface area (Å²) >= 11 is 4.97. The second-order valence-electron chi connectivity index (χ2n) is 6.74. The molecule has 0 atom stereocenters. The molecule has 0 heterocycles.